The lowest BCUT2D eigenvalue weighted by Gasteiger charge is -2.38. The van der Waals surface area contributed by atoms with E-state index in [1.165, 1.54) is 6.07 Å². The highest BCUT2D eigenvalue weighted by atomic mass is 19.4. The van der Waals surface area contributed by atoms with Crippen molar-refractivity contribution in [3.63, 3.8) is 0 Å². The Balaban J connectivity index is 1.42. The molecule has 2 heterocycles. The molecule has 2 fully saturated rings. The minimum absolute atomic E-state index is 0.0983. The van der Waals surface area contributed by atoms with Crippen LogP contribution in [0.25, 0.3) is 22.2 Å². The topological polar surface area (TPSA) is 84.1 Å². The Labute approximate surface area is 192 Å². The van der Waals surface area contributed by atoms with Gasteiger partial charge in [-0.2, -0.15) is 13.2 Å². The lowest BCUT2D eigenvalue weighted by atomic mass is 9.83. The summed E-state index contributed by atoms with van der Waals surface area (Å²) in [4.78, 5) is 18.2. The molecule has 2 bridgehead atoms. The maximum atomic E-state index is 15.0. The lowest BCUT2D eigenvalue weighted by Crippen LogP contribution is -2.46. The van der Waals surface area contributed by atoms with E-state index >= 15 is 0 Å². The molecule has 180 valence electrons. The predicted molar refractivity (Wildman–Crippen MR) is 117 cm³/mol. The zero-order valence-electron chi connectivity index (χ0n) is 18.3. The monoisotopic (exact) mass is 477 g/mol. The Morgan fingerprint density at radius 2 is 1.97 bits per heavy atom. The highest BCUT2D eigenvalue weighted by Gasteiger charge is 2.44. The number of rotatable bonds is 4. The van der Waals surface area contributed by atoms with E-state index in [4.69, 9.17) is 0 Å². The smallest absolute Gasteiger partial charge is 0.406 e. The minimum Gasteiger partial charge on any atom is -0.507 e. The van der Waals surface area contributed by atoms with Crippen molar-refractivity contribution in [2.75, 3.05) is 11.9 Å². The molecule has 0 unspecified atom stereocenters. The van der Waals surface area contributed by atoms with E-state index in [1.807, 2.05) is 4.90 Å². The first-order valence-electron chi connectivity index (χ1n) is 11.1. The van der Waals surface area contributed by atoms with Gasteiger partial charge < -0.3 is 10.0 Å². The average molecular weight is 477 g/mol. The van der Waals surface area contributed by atoms with Gasteiger partial charge in [-0.1, -0.05) is 0 Å². The second-order valence-corrected chi connectivity index (χ2v) is 9.25. The highest BCUT2D eigenvalue weighted by molar-refractivity contribution is 5.86. The SMILES string of the molecule is CN(c1ccc(-c2cc3ncn(CC(F)(F)F)c(=O)c3cc2O)nn1)[C@@H]1C[C@H]2CC[C@H](C2)[C@@H]1F. The molecule has 5 rings (SSSR count). The fourth-order valence-corrected chi connectivity index (χ4v) is 5.31. The molecule has 2 aromatic heterocycles. The first-order valence-corrected chi connectivity index (χ1v) is 11.1. The summed E-state index contributed by atoms with van der Waals surface area (Å²) in [7, 11) is 1.80. The third-order valence-electron chi connectivity index (χ3n) is 7.05. The van der Waals surface area contributed by atoms with Crippen molar-refractivity contribution in [2.45, 2.75) is 50.6 Å². The van der Waals surface area contributed by atoms with E-state index in [0.717, 1.165) is 38.1 Å². The second-order valence-electron chi connectivity index (χ2n) is 9.25. The summed E-state index contributed by atoms with van der Waals surface area (Å²) in [5, 5.41) is 18.7. The summed E-state index contributed by atoms with van der Waals surface area (Å²) in [5.74, 6) is 0.811. The van der Waals surface area contributed by atoms with E-state index < -0.39 is 24.5 Å². The Kier molecular flexibility index (Phi) is 5.44. The molecular weight excluding hydrogens is 454 g/mol. The number of halogens is 4. The van der Waals surface area contributed by atoms with Crippen LogP contribution in [-0.4, -0.2) is 50.3 Å². The van der Waals surface area contributed by atoms with E-state index in [1.54, 1.807) is 19.2 Å². The number of nitrogens with zero attached hydrogens (tertiary/aromatic N) is 5. The van der Waals surface area contributed by atoms with Gasteiger partial charge in [0.1, 0.15) is 18.5 Å². The number of anilines is 1. The zero-order chi connectivity index (χ0) is 24.2. The number of aromatic nitrogens is 4. The molecule has 2 aliphatic carbocycles. The third-order valence-corrected chi connectivity index (χ3v) is 7.05. The van der Waals surface area contributed by atoms with Gasteiger partial charge in [0.25, 0.3) is 5.56 Å². The van der Waals surface area contributed by atoms with Crippen LogP contribution in [0.15, 0.2) is 35.4 Å². The molecule has 2 saturated carbocycles. The van der Waals surface area contributed by atoms with Crippen LogP contribution in [0.3, 0.4) is 0 Å². The Bertz CT molecular complexity index is 1280. The van der Waals surface area contributed by atoms with Gasteiger partial charge >= 0.3 is 6.18 Å². The quantitative estimate of drug-likeness (QED) is 0.570. The Morgan fingerprint density at radius 3 is 2.68 bits per heavy atom. The van der Waals surface area contributed by atoms with Crippen molar-refractivity contribution in [1.29, 1.82) is 0 Å². The minimum atomic E-state index is -4.58. The molecule has 34 heavy (non-hydrogen) atoms. The van der Waals surface area contributed by atoms with Crippen LogP contribution in [0, 0.1) is 11.8 Å². The largest absolute Gasteiger partial charge is 0.507 e. The van der Waals surface area contributed by atoms with Gasteiger partial charge in [-0.25, -0.2) is 9.37 Å². The summed E-state index contributed by atoms with van der Waals surface area (Å²) in [5.41, 5.74) is -0.265. The van der Waals surface area contributed by atoms with Gasteiger partial charge in [-0.3, -0.25) is 9.36 Å². The van der Waals surface area contributed by atoms with Crippen molar-refractivity contribution >= 4 is 16.7 Å². The van der Waals surface area contributed by atoms with Gasteiger partial charge in [0.15, 0.2) is 5.82 Å². The summed E-state index contributed by atoms with van der Waals surface area (Å²) in [6.07, 6.45) is -0.943. The van der Waals surface area contributed by atoms with E-state index in [9.17, 15) is 27.5 Å². The van der Waals surface area contributed by atoms with Crippen LogP contribution in [0.2, 0.25) is 0 Å². The van der Waals surface area contributed by atoms with Crippen molar-refractivity contribution in [1.82, 2.24) is 19.7 Å². The van der Waals surface area contributed by atoms with Crippen LogP contribution >= 0.6 is 0 Å². The van der Waals surface area contributed by atoms with Crippen molar-refractivity contribution in [2.24, 2.45) is 11.8 Å². The molecule has 7 nitrogen and oxygen atoms in total. The number of phenolic OH excluding ortho intramolecular Hbond substituents is 1. The first kappa shape index (κ1) is 22.5. The summed E-state index contributed by atoms with van der Waals surface area (Å²) < 4.78 is 53.4. The van der Waals surface area contributed by atoms with Crippen LogP contribution in [0.1, 0.15) is 25.7 Å². The first-order chi connectivity index (χ1) is 16.1. The van der Waals surface area contributed by atoms with Crippen molar-refractivity contribution in [3.05, 3.63) is 40.9 Å². The number of phenols is 1. The van der Waals surface area contributed by atoms with E-state index in [0.29, 0.717) is 22.0 Å². The molecule has 3 aromatic rings. The molecule has 0 amide bonds. The fourth-order valence-electron chi connectivity index (χ4n) is 5.31. The standard InChI is InChI=1S/C23H23F4N5O2/c1-31(18-7-12-2-3-13(6-12)21(18)24)20-5-4-16(29-30-20)14-8-17-15(9-19(14)33)22(34)32(11-28-17)10-23(25,26)27/h4-5,8-9,11-13,18,21,33H,2-3,6-7,10H2,1H3/t12-,13+,18+,21-/m0/s1. The summed E-state index contributed by atoms with van der Waals surface area (Å²) in [6, 6.07) is 5.51. The van der Waals surface area contributed by atoms with Crippen LogP contribution in [0.5, 0.6) is 5.75 Å². The van der Waals surface area contributed by atoms with Crippen LogP contribution in [0.4, 0.5) is 23.4 Å². The number of hydrogen-bond donors (Lipinski definition) is 1. The van der Waals surface area contributed by atoms with Crippen molar-refractivity contribution in [3.8, 4) is 17.0 Å². The second kappa shape index (κ2) is 8.21. The number of aromatic hydroxyl groups is 1. The molecule has 2 aliphatic rings. The number of fused-ring (bicyclic) bond motifs is 3. The molecule has 0 radical (unpaired) electrons. The van der Waals surface area contributed by atoms with Gasteiger partial charge in [0, 0.05) is 12.6 Å². The van der Waals surface area contributed by atoms with Crippen LogP contribution < -0.4 is 10.5 Å². The molecule has 11 heteroatoms. The number of hydrogen-bond acceptors (Lipinski definition) is 6. The van der Waals surface area contributed by atoms with Crippen molar-refractivity contribution < 1.29 is 22.7 Å². The highest BCUT2D eigenvalue weighted by Crippen LogP contribution is 2.45. The number of alkyl halides is 4. The maximum absolute atomic E-state index is 15.0. The molecule has 4 atom stereocenters. The lowest BCUT2D eigenvalue weighted by molar-refractivity contribution is -0.141. The summed E-state index contributed by atoms with van der Waals surface area (Å²) in [6.45, 7) is -1.47. The summed E-state index contributed by atoms with van der Waals surface area (Å²) >= 11 is 0. The molecular formula is C23H23F4N5O2. The number of benzene rings is 1. The molecule has 0 saturated heterocycles. The fraction of sp³-hybridized carbons (Fsp3) is 0.478. The van der Waals surface area contributed by atoms with Gasteiger partial charge in [0.2, 0.25) is 0 Å². The van der Waals surface area contributed by atoms with E-state index in [-0.39, 0.29) is 34.2 Å². The normalized spacial score (nSPS) is 24.5. The van der Waals surface area contributed by atoms with Crippen LogP contribution in [-0.2, 0) is 6.54 Å². The molecule has 1 aromatic carbocycles. The predicted octanol–water partition coefficient (Wildman–Crippen LogP) is 4.08. The third kappa shape index (κ3) is 4.07. The Hall–Kier alpha value is -3.24. The van der Waals surface area contributed by atoms with Gasteiger partial charge in [-0.15, -0.1) is 10.2 Å². The molecule has 0 aliphatic heterocycles. The zero-order valence-corrected chi connectivity index (χ0v) is 18.3. The molecule has 0 spiro atoms. The molecule has 1 N–H and O–H groups in total. The van der Waals surface area contributed by atoms with Gasteiger partial charge in [-0.05, 0) is 61.8 Å². The van der Waals surface area contributed by atoms with Gasteiger partial charge in [0.05, 0.1) is 29.0 Å². The average Bonchev–Trinajstić information content (AvgIpc) is 3.20. The van der Waals surface area contributed by atoms with E-state index in [2.05, 4.69) is 15.2 Å². The Morgan fingerprint density at radius 1 is 1.18 bits per heavy atom. The maximum Gasteiger partial charge on any atom is 0.406 e.